The molecular formula is C29H19F6N. The Balaban J connectivity index is 1.55. The highest BCUT2D eigenvalue weighted by atomic mass is 19.2. The summed E-state index contributed by atoms with van der Waals surface area (Å²) in [7, 11) is 0. The summed E-state index contributed by atoms with van der Waals surface area (Å²) in [6.07, 6.45) is 3.36. The Morgan fingerprint density at radius 3 is 1.92 bits per heavy atom. The molecule has 182 valence electrons. The third-order valence-corrected chi connectivity index (χ3v) is 5.60. The lowest BCUT2D eigenvalue weighted by Crippen LogP contribution is -1.94. The van der Waals surface area contributed by atoms with Gasteiger partial charge in [-0.25, -0.2) is 26.3 Å². The highest BCUT2D eigenvalue weighted by Gasteiger charge is 2.15. The summed E-state index contributed by atoms with van der Waals surface area (Å²) in [5.41, 5.74) is 2.19. The number of pyridine rings is 1. The Kier molecular flexibility index (Phi) is 7.38. The molecule has 0 aliphatic carbocycles. The van der Waals surface area contributed by atoms with Gasteiger partial charge in [0.15, 0.2) is 23.3 Å². The van der Waals surface area contributed by atoms with Gasteiger partial charge in [0.2, 0.25) is 0 Å². The summed E-state index contributed by atoms with van der Waals surface area (Å²) < 4.78 is 83.1. The minimum Gasteiger partial charge on any atom is -0.256 e. The lowest BCUT2D eigenvalue weighted by atomic mass is 10.0. The summed E-state index contributed by atoms with van der Waals surface area (Å²) in [6, 6.07) is 15.1. The van der Waals surface area contributed by atoms with Gasteiger partial charge in [-0.1, -0.05) is 48.5 Å². The summed E-state index contributed by atoms with van der Waals surface area (Å²) >= 11 is 0. The minimum atomic E-state index is -1.62. The van der Waals surface area contributed by atoms with E-state index >= 15 is 0 Å². The number of allylic oxidation sites excluding steroid dienone is 2. The Morgan fingerprint density at radius 2 is 1.33 bits per heavy atom. The van der Waals surface area contributed by atoms with Crippen molar-refractivity contribution in [2.24, 2.45) is 0 Å². The fourth-order valence-electron chi connectivity index (χ4n) is 3.66. The van der Waals surface area contributed by atoms with Gasteiger partial charge < -0.3 is 0 Å². The lowest BCUT2D eigenvalue weighted by Gasteiger charge is -2.09. The molecule has 0 fully saturated rings. The van der Waals surface area contributed by atoms with Crippen molar-refractivity contribution in [2.75, 3.05) is 0 Å². The monoisotopic (exact) mass is 495 g/mol. The van der Waals surface area contributed by atoms with Gasteiger partial charge in [-0.05, 0) is 41.8 Å². The Bertz CT molecular complexity index is 1420. The number of nitrogens with zero attached hydrogens (tertiary/aromatic N) is 1. The number of hydrogen-bond donors (Lipinski definition) is 0. The van der Waals surface area contributed by atoms with Crippen LogP contribution in [0.25, 0.3) is 39.3 Å². The molecule has 0 saturated heterocycles. The zero-order valence-electron chi connectivity index (χ0n) is 18.8. The van der Waals surface area contributed by atoms with E-state index in [4.69, 9.17) is 0 Å². The van der Waals surface area contributed by atoms with Crippen LogP contribution in [0.3, 0.4) is 0 Å². The SMILES string of the molecule is C=CCC/C(F)=C(\F)c1ccc(-c2ccc(-c3ccc(-c4cc(F)c(F)c(F)c4)c(F)c3)nc2)cc1. The van der Waals surface area contributed by atoms with Crippen LogP contribution in [0.4, 0.5) is 26.3 Å². The molecule has 0 N–H and O–H groups in total. The average Bonchev–Trinajstić information content (AvgIpc) is 2.89. The van der Waals surface area contributed by atoms with E-state index in [9.17, 15) is 26.3 Å². The van der Waals surface area contributed by atoms with Gasteiger partial charge in [-0.15, -0.1) is 6.58 Å². The van der Waals surface area contributed by atoms with E-state index in [1.807, 2.05) is 0 Å². The van der Waals surface area contributed by atoms with Crippen molar-refractivity contribution in [2.45, 2.75) is 12.8 Å². The van der Waals surface area contributed by atoms with Crippen molar-refractivity contribution in [1.82, 2.24) is 4.98 Å². The molecule has 0 spiro atoms. The first-order valence-electron chi connectivity index (χ1n) is 10.9. The Hall–Kier alpha value is -4.13. The molecule has 0 saturated carbocycles. The van der Waals surface area contributed by atoms with Gasteiger partial charge in [0.1, 0.15) is 11.6 Å². The van der Waals surface area contributed by atoms with E-state index in [0.29, 0.717) is 23.2 Å². The van der Waals surface area contributed by atoms with Crippen LogP contribution >= 0.6 is 0 Å². The maximum absolute atomic E-state index is 14.7. The molecule has 0 unspecified atom stereocenters. The van der Waals surface area contributed by atoms with E-state index in [0.717, 1.165) is 17.7 Å². The highest BCUT2D eigenvalue weighted by molar-refractivity contribution is 5.72. The first kappa shape index (κ1) is 25.0. The fourth-order valence-corrected chi connectivity index (χ4v) is 3.66. The van der Waals surface area contributed by atoms with Gasteiger partial charge in [-0.2, -0.15) is 0 Å². The normalized spacial score (nSPS) is 11.8. The second-order valence-corrected chi connectivity index (χ2v) is 8.00. The van der Waals surface area contributed by atoms with Crippen LogP contribution in [0.1, 0.15) is 18.4 Å². The van der Waals surface area contributed by atoms with Crippen molar-refractivity contribution in [3.63, 3.8) is 0 Å². The Morgan fingerprint density at radius 1 is 0.722 bits per heavy atom. The van der Waals surface area contributed by atoms with E-state index in [1.54, 1.807) is 30.5 Å². The first-order chi connectivity index (χ1) is 17.3. The van der Waals surface area contributed by atoms with E-state index in [-0.39, 0.29) is 23.1 Å². The Labute approximate surface area is 204 Å². The fraction of sp³-hybridized carbons (Fsp3) is 0.0690. The van der Waals surface area contributed by atoms with E-state index in [1.165, 1.54) is 36.4 Å². The van der Waals surface area contributed by atoms with Crippen LogP contribution in [-0.2, 0) is 0 Å². The van der Waals surface area contributed by atoms with Crippen LogP contribution in [0, 0.1) is 23.3 Å². The van der Waals surface area contributed by atoms with E-state index < -0.39 is 34.9 Å². The number of benzene rings is 3. The molecule has 3 aromatic carbocycles. The molecule has 36 heavy (non-hydrogen) atoms. The predicted molar refractivity (Wildman–Crippen MR) is 129 cm³/mol. The van der Waals surface area contributed by atoms with Gasteiger partial charge in [-0.3, -0.25) is 4.98 Å². The van der Waals surface area contributed by atoms with Crippen LogP contribution in [-0.4, -0.2) is 4.98 Å². The summed E-state index contributed by atoms with van der Waals surface area (Å²) in [6.45, 7) is 3.49. The minimum absolute atomic E-state index is 0.0539. The topological polar surface area (TPSA) is 12.9 Å². The first-order valence-corrected chi connectivity index (χ1v) is 10.9. The van der Waals surface area contributed by atoms with Crippen LogP contribution in [0.2, 0.25) is 0 Å². The van der Waals surface area contributed by atoms with Crippen molar-refractivity contribution in [3.8, 4) is 33.5 Å². The maximum atomic E-state index is 14.7. The zero-order chi connectivity index (χ0) is 25.8. The number of aromatic nitrogens is 1. The molecule has 0 radical (unpaired) electrons. The van der Waals surface area contributed by atoms with Crippen molar-refractivity contribution >= 4 is 5.83 Å². The summed E-state index contributed by atoms with van der Waals surface area (Å²) in [5.74, 6) is -6.93. The molecule has 0 atom stereocenters. The van der Waals surface area contributed by atoms with Crippen LogP contribution in [0.15, 0.2) is 91.4 Å². The quantitative estimate of drug-likeness (QED) is 0.141. The maximum Gasteiger partial charge on any atom is 0.194 e. The molecule has 1 nitrogen and oxygen atoms in total. The van der Waals surface area contributed by atoms with Crippen LogP contribution in [0.5, 0.6) is 0 Å². The molecule has 0 bridgehead atoms. The summed E-state index contributed by atoms with van der Waals surface area (Å²) in [5, 5.41) is 0. The molecule has 4 aromatic rings. The largest absolute Gasteiger partial charge is 0.256 e. The molecule has 1 heterocycles. The molecule has 0 aliphatic heterocycles. The van der Waals surface area contributed by atoms with Crippen LogP contribution < -0.4 is 0 Å². The molecule has 0 amide bonds. The molecular weight excluding hydrogens is 476 g/mol. The predicted octanol–water partition coefficient (Wildman–Crippen LogP) is 9.21. The van der Waals surface area contributed by atoms with Gasteiger partial charge >= 0.3 is 0 Å². The number of halogens is 6. The number of rotatable bonds is 7. The second kappa shape index (κ2) is 10.6. The lowest BCUT2D eigenvalue weighted by molar-refractivity contribution is 0.447. The van der Waals surface area contributed by atoms with Crippen molar-refractivity contribution in [1.29, 1.82) is 0 Å². The van der Waals surface area contributed by atoms with Crippen molar-refractivity contribution in [3.05, 3.63) is 120 Å². The van der Waals surface area contributed by atoms with E-state index in [2.05, 4.69) is 11.6 Å². The van der Waals surface area contributed by atoms with Gasteiger partial charge in [0, 0.05) is 34.9 Å². The molecule has 7 heteroatoms. The van der Waals surface area contributed by atoms with Gasteiger partial charge in [0.25, 0.3) is 0 Å². The molecule has 1 aromatic heterocycles. The average molecular weight is 495 g/mol. The standard InChI is InChI=1S/C29H19F6N/c1-2-3-4-23(30)28(34)18-7-5-17(6-8-18)20-10-12-27(36-16-20)19-9-11-22(24(31)13-19)21-14-25(32)29(35)26(33)15-21/h2,5-16H,1,3-4H2/b28-23+. The summed E-state index contributed by atoms with van der Waals surface area (Å²) in [4.78, 5) is 4.34. The van der Waals surface area contributed by atoms with Crippen molar-refractivity contribution < 1.29 is 26.3 Å². The van der Waals surface area contributed by atoms with Gasteiger partial charge in [0.05, 0.1) is 5.69 Å². The second-order valence-electron chi connectivity index (χ2n) is 8.00. The third kappa shape index (κ3) is 5.25. The zero-order valence-corrected chi connectivity index (χ0v) is 18.8. The smallest absolute Gasteiger partial charge is 0.194 e. The molecule has 0 aliphatic rings. The number of hydrogen-bond acceptors (Lipinski definition) is 1. The third-order valence-electron chi connectivity index (χ3n) is 5.60. The highest BCUT2D eigenvalue weighted by Crippen LogP contribution is 2.31. The molecule has 4 rings (SSSR count).